The van der Waals surface area contributed by atoms with Crippen LogP contribution >= 0.6 is 0 Å². The highest BCUT2D eigenvalue weighted by Gasteiger charge is 2.54. The summed E-state index contributed by atoms with van der Waals surface area (Å²) in [5, 5.41) is 8.37. The molecule has 3 heterocycles. The quantitative estimate of drug-likeness (QED) is 0.553. The first-order chi connectivity index (χ1) is 15.2. The number of hydrogen-bond acceptors (Lipinski definition) is 5. The average molecular weight is 442 g/mol. The van der Waals surface area contributed by atoms with Crippen molar-refractivity contribution in [3.8, 4) is 11.5 Å². The molecular formula is C23H21F3N4O2. The molecule has 1 saturated carbocycles. The Balaban J connectivity index is 1.59. The van der Waals surface area contributed by atoms with Crippen molar-refractivity contribution in [1.29, 1.82) is 0 Å². The molecular weight excluding hydrogens is 421 g/mol. The van der Waals surface area contributed by atoms with Crippen LogP contribution in [-0.4, -0.2) is 21.1 Å². The number of nitrogens with zero attached hydrogens (tertiary/aromatic N) is 4. The molecule has 6 nitrogen and oxygen atoms in total. The van der Waals surface area contributed by atoms with Gasteiger partial charge in [-0.2, -0.15) is 13.2 Å². The first-order valence-electron chi connectivity index (χ1n) is 10.5. The Labute approximate surface area is 182 Å². The van der Waals surface area contributed by atoms with Gasteiger partial charge in [-0.15, -0.1) is 10.2 Å². The second-order valence-electron chi connectivity index (χ2n) is 8.52. The van der Waals surface area contributed by atoms with E-state index < -0.39 is 17.8 Å². The van der Waals surface area contributed by atoms with Crippen LogP contribution in [0.2, 0.25) is 0 Å². The smallest absolute Gasteiger partial charge is 0.416 e. The molecule has 0 N–H and O–H groups in total. The van der Waals surface area contributed by atoms with E-state index in [2.05, 4.69) is 15.2 Å². The lowest BCUT2D eigenvalue weighted by Crippen LogP contribution is -2.31. The molecule has 5 rings (SSSR count). The number of alkyl halides is 3. The van der Waals surface area contributed by atoms with Gasteiger partial charge in [0.05, 0.1) is 5.56 Å². The van der Waals surface area contributed by atoms with Gasteiger partial charge in [-0.25, -0.2) is 4.98 Å². The molecule has 3 atom stereocenters. The Morgan fingerprint density at radius 1 is 1.09 bits per heavy atom. The molecule has 3 unspecified atom stereocenters. The van der Waals surface area contributed by atoms with Gasteiger partial charge >= 0.3 is 6.18 Å². The Morgan fingerprint density at radius 2 is 1.91 bits per heavy atom. The highest BCUT2D eigenvalue weighted by atomic mass is 19.4. The van der Waals surface area contributed by atoms with Gasteiger partial charge in [0.15, 0.2) is 0 Å². The van der Waals surface area contributed by atoms with Crippen LogP contribution in [-0.2, 0) is 11.0 Å². The van der Waals surface area contributed by atoms with Crippen molar-refractivity contribution < 1.29 is 22.4 Å². The topological polar surface area (TPSA) is 72.1 Å². The molecule has 3 aromatic rings. The summed E-state index contributed by atoms with van der Waals surface area (Å²) in [6, 6.07) is 8.84. The SMILES string of the molecule is Cc1cccc(-c2nnc(C3C4CCCC4C(=O)N3c3cc(C(F)(F)F)cc(C)n3)o2)c1. The van der Waals surface area contributed by atoms with Crippen molar-refractivity contribution in [2.45, 2.75) is 45.3 Å². The van der Waals surface area contributed by atoms with Gasteiger partial charge < -0.3 is 4.42 Å². The van der Waals surface area contributed by atoms with Crippen LogP contribution in [0.25, 0.3) is 11.5 Å². The fourth-order valence-corrected chi connectivity index (χ4v) is 4.92. The summed E-state index contributed by atoms with van der Waals surface area (Å²) in [7, 11) is 0. The van der Waals surface area contributed by atoms with Gasteiger partial charge in [-0.3, -0.25) is 9.69 Å². The Morgan fingerprint density at radius 3 is 2.66 bits per heavy atom. The molecule has 0 bridgehead atoms. The molecule has 1 aliphatic carbocycles. The summed E-state index contributed by atoms with van der Waals surface area (Å²) < 4.78 is 46.3. The summed E-state index contributed by atoms with van der Waals surface area (Å²) in [4.78, 5) is 18.9. The summed E-state index contributed by atoms with van der Waals surface area (Å²) in [5.41, 5.74) is 1.12. The standard InChI is InChI=1S/C23H21F3N4O2/c1-12-5-3-6-14(9-12)20-28-29-21(32-20)19-16-7-4-8-17(16)22(31)30(19)18-11-15(23(24,25)26)10-13(2)27-18/h3,5-6,9-11,16-17,19H,4,7-8H2,1-2H3. The molecule has 1 aromatic carbocycles. The van der Waals surface area contributed by atoms with Gasteiger partial charge in [0, 0.05) is 23.1 Å². The second kappa shape index (κ2) is 7.43. The van der Waals surface area contributed by atoms with Crippen molar-refractivity contribution in [3.63, 3.8) is 0 Å². The van der Waals surface area contributed by atoms with E-state index in [0.29, 0.717) is 12.3 Å². The van der Waals surface area contributed by atoms with Gasteiger partial charge in [0.25, 0.3) is 0 Å². The van der Waals surface area contributed by atoms with Crippen molar-refractivity contribution in [3.05, 3.63) is 59.1 Å². The van der Waals surface area contributed by atoms with E-state index in [1.54, 1.807) is 0 Å². The van der Waals surface area contributed by atoms with Crippen LogP contribution < -0.4 is 4.90 Å². The van der Waals surface area contributed by atoms with Crippen molar-refractivity contribution in [1.82, 2.24) is 15.2 Å². The number of carbonyl (C=O) groups excluding carboxylic acids is 1. The molecule has 9 heteroatoms. The summed E-state index contributed by atoms with van der Waals surface area (Å²) in [6.07, 6.45) is -2.22. The number of rotatable bonds is 3. The third kappa shape index (κ3) is 3.45. The molecule has 1 aliphatic heterocycles. The monoisotopic (exact) mass is 442 g/mol. The second-order valence-corrected chi connectivity index (χ2v) is 8.52. The zero-order valence-corrected chi connectivity index (χ0v) is 17.6. The van der Waals surface area contributed by atoms with E-state index in [1.165, 1.54) is 11.8 Å². The number of pyridine rings is 1. The molecule has 2 aromatic heterocycles. The number of benzene rings is 1. The van der Waals surface area contributed by atoms with Gasteiger partial charge in [-0.05, 0) is 51.0 Å². The normalized spacial score (nSPS) is 23.1. The summed E-state index contributed by atoms with van der Waals surface area (Å²) in [6.45, 7) is 3.43. The lowest BCUT2D eigenvalue weighted by Gasteiger charge is -2.25. The Kier molecular flexibility index (Phi) is 4.79. The van der Waals surface area contributed by atoms with E-state index in [-0.39, 0.29) is 35.1 Å². The van der Waals surface area contributed by atoms with E-state index in [1.807, 2.05) is 31.2 Å². The minimum atomic E-state index is -4.54. The number of aromatic nitrogens is 3. The minimum absolute atomic E-state index is 0.0305. The number of halogens is 3. The largest absolute Gasteiger partial charge is 0.418 e. The third-order valence-corrected chi connectivity index (χ3v) is 6.28. The summed E-state index contributed by atoms with van der Waals surface area (Å²) >= 11 is 0. The zero-order chi connectivity index (χ0) is 22.6. The Hall–Kier alpha value is -3.23. The number of fused-ring (bicyclic) bond motifs is 1. The Bertz CT molecular complexity index is 1190. The number of carbonyl (C=O) groups is 1. The molecule has 0 spiro atoms. The molecule has 1 saturated heterocycles. The van der Waals surface area contributed by atoms with Crippen LogP contribution in [0.15, 0.2) is 40.8 Å². The predicted molar refractivity (Wildman–Crippen MR) is 110 cm³/mol. The van der Waals surface area contributed by atoms with Gasteiger partial charge in [0.2, 0.25) is 17.7 Å². The minimum Gasteiger partial charge on any atom is -0.418 e. The van der Waals surface area contributed by atoms with E-state index in [4.69, 9.17) is 4.42 Å². The van der Waals surface area contributed by atoms with E-state index in [9.17, 15) is 18.0 Å². The molecule has 2 fully saturated rings. The van der Waals surface area contributed by atoms with Crippen molar-refractivity contribution >= 4 is 11.7 Å². The van der Waals surface area contributed by atoms with Crippen molar-refractivity contribution in [2.75, 3.05) is 4.90 Å². The van der Waals surface area contributed by atoms with Crippen LogP contribution in [0.1, 0.15) is 48.0 Å². The number of amides is 1. The van der Waals surface area contributed by atoms with Gasteiger partial charge in [-0.1, -0.05) is 24.1 Å². The van der Waals surface area contributed by atoms with Crippen LogP contribution in [0.5, 0.6) is 0 Å². The number of anilines is 1. The highest BCUT2D eigenvalue weighted by molar-refractivity contribution is 5.98. The lowest BCUT2D eigenvalue weighted by molar-refractivity contribution is -0.137. The highest BCUT2D eigenvalue weighted by Crippen LogP contribution is 2.51. The number of hydrogen-bond donors (Lipinski definition) is 0. The maximum atomic E-state index is 13.4. The number of aryl methyl sites for hydroxylation is 2. The van der Waals surface area contributed by atoms with Gasteiger partial charge in [0.1, 0.15) is 11.9 Å². The lowest BCUT2D eigenvalue weighted by atomic mass is 9.93. The average Bonchev–Trinajstić information content (AvgIpc) is 3.44. The first-order valence-corrected chi connectivity index (χ1v) is 10.5. The third-order valence-electron chi connectivity index (χ3n) is 6.28. The van der Waals surface area contributed by atoms with Crippen molar-refractivity contribution in [2.24, 2.45) is 11.8 Å². The first kappa shape index (κ1) is 20.7. The zero-order valence-electron chi connectivity index (χ0n) is 17.6. The maximum Gasteiger partial charge on any atom is 0.416 e. The maximum absolute atomic E-state index is 13.4. The molecule has 32 heavy (non-hydrogen) atoms. The van der Waals surface area contributed by atoms with Crippen LogP contribution in [0.3, 0.4) is 0 Å². The fraction of sp³-hybridized carbons (Fsp3) is 0.391. The summed E-state index contributed by atoms with van der Waals surface area (Å²) in [5.74, 6) is -0.126. The molecule has 0 radical (unpaired) electrons. The predicted octanol–water partition coefficient (Wildman–Crippen LogP) is 5.27. The molecule has 1 amide bonds. The fourth-order valence-electron chi connectivity index (χ4n) is 4.92. The van der Waals surface area contributed by atoms with E-state index >= 15 is 0 Å². The van der Waals surface area contributed by atoms with Crippen LogP contribution in [0, 0.1) is 25.7 Å². The van der Waals surface area contributed by atoms with E-state index in [0.717, 1.165) is 36.1 Å². The van der Waals surface area contributed by atoms with Crippen LogP contribution in [0.4, 0.5) is 19.0 Å². The molecule has 166 valence electrons. The molecule has 2 aliphatic rings.